The molecule has 2 aromatic carbocycles. The second-order valence-corrected chi connectivity index (χ2v) is 3.59. The van der Waals surface area contributed by atoms with Gasteiger partial charge in [0.1, 0.15) is 0 Å². The Morgan fingerprint density at radius 1 is 0.706 bits per heavy atom. The molecule has 2 N–H and O–H groups in total. The summed E-state index contributed by atoms with van der Waals surface area (Å²) < 4.78 is 0. The van der Waals surface area contributed by atoms with Crippen LogP contribution in [0.3, 0.4) is 0 Å². The maximum absolute atomic E-state index is 5.76. The predicted octanol–water partition coefficient (Wildman–Crippen LogP) is 3.50. The Morgan fingerprint density at radius 3 is 2.00 bits per heavy atom. The molecule has 0 spiro atoms. The van der Waals surface area contributed by atoms with Gasteiger partial charge < -0.3 is 5.73 Å². The number of hydrogen-bond acceptors (Lipinski definition) is 2. The Hall–Kier alpha value is -2.35. The molecule has 0 aliphatic carbocycles. The van der Waals surface area contributed by atoms with Crippen molar-refractivity contribution >= 4 is 16.5 Å². The van der Waals surface area contributed by atoms with Gasteiger partial charge in [-0.15, -0.1) is 0 Å². The number of aromatic nitrogens is 1. The maximum Gasteiger partial charge on any atom is 0.0393 e. The highest BCUT2D eigenvalue weighted by molar-refractivity contribution is 5.92. The predicted molar refractivity (Wildman–Crippen MR) is 72.6 cm³/mol. The summed E-state index contributed by atoms with van der Waals surface area (Å²) in [4.78, 5) is 3.78. The zero-order valence-electron chi connectivity index (χ0n) is 9.45. The number of nitrogens with two attached hydrogens (primary N) is 1. The van der Waals surface area contributed by atoms with E-state index >= 15 is 0 Å². The summed E-state index contributed by atoms with van der Waals surface area (Å²) in [5, 5.41) is 2.34. The number of nitrogens with zero attached hydrogens (tertiary/aromatic N) is 1. The van der Waals surface area contributed by atoms with E-state index in [2.05, 4.69) is 17.1 Å². The third kappa shape index (κ3) is 3.05. The van der Waals surface area contributed by atoms with Crippen LogP contribution in [0.2, 0.25) is 0 Å². The topological polar surface area (TPSA) is 38.9 Å². The van der Waals surface area contributed by atoms with E-state index in [0.29, 0.717) is 0 Å². The molecule has 0 bridgehead atoms. The van der Waals surface area contributed by atoms with Crippen LogP contribution in [0.5, 0.6) is 0 Å². The van der Waals surface area contributed by atoms with Gasteiger partial charge >= 0.3 is 0 Å². The molecule has 0 fully saturated rings. The highest BCUT2D eigenvalue weighted by atomic mass is 14.6. The molecule has 84 valence electrons. The van der Waals surface area contributed by atoms with Crippen molar-refractivity contribution in [1.29, 1.82) is 0 Å². The smallest absolute Gasteiger partial charge is 0.0393 e. The molecule has 3 rings (SSSR count). The van der Waals surface area contributed by atoms with Crippen molar-refractivity contribution in [3.63, 3.8) is 0 Å². The van der Waals surface area contributed by atoms with Crippen LogP contribution in [0, 0.1) is 0 Å². The molecular weight excluding hydrogens is 208 g/mol. The van der Waals surface area contributed by atoms with E-state index < -0.39 is 0 Å². The van der Waals surface area contributed by atoms with Crippen LogP contribution in [0.4, 0.5) is 5.69 Å². The number of hydrogen-bond donors (Lipinski definition) is 1. The van der Waals surface area contributed by atoms with Crippen LogP contribution >= 0.6 is 0 Å². The second kappa shape index (κ2) is 5.66. The van der Waals surface area contributed by atoms with Gasteiger partial charge in [0.25, 0.3) is 0 Å². The minimum absolute atomic E-state index is 0.850. The third-order valence-electron chi connectivity index (χ3n) is 2.39. The highest BCUT2D eigenvalue weighted by Gasteiger charge is 1.92. The lowest BCUT2D eigenvalue weighted by atomic mass is 10.1. The van der Waals surface area contributed by atoms with Crippen molar-refractivity contribution in [3.05, 3.63) is 73.1 Å². The average Bonchev–Trinajstić information content (AvgIpc) is 2.42. The van der Waals surface area contributed by atoms with Crippen LogP contribution in [0.15, 0.2) is 73.1 Å². The lowest BCUT2D eigenvalue weighted by Gasteiger charge is -1.98. The molecule has 2 heteroatoms. The number of nitrogen functional groups attached to an aromatic ring is 1. The molecule has 0 amide bonds. The lowest BCUT2D eigenvalue weighted by Crippen LogP contribution is -1.84. The van der Waals surface area contributed by atoms with Crippen molar-refractivity contribution in [2.24, 2.45) is 0 Å². The number of benzene rings is 2. The summed E-state index contributed by atoms with van der Waals surface area (Å²) in [6.07, 6.45) is 3.50. The second-order valence-electron chi connectivity index (χ2n) is 3.59. The standard InChI is InChI=1S/C10H9N.C5H5N/c11-10-7-3-5-8-4-1-2-6-9(8)10;1-2-4-6-5-3-1/h1-7H,11H2;1-5H. The van der Waals surface area contributed by atoms with Gasteiger partial charge in [-0.2, -0.15) is 0 Å². The fourth-order valence-electron chi connectivity index (χ4n) is 1.56. The molecule has 2 nitrogen and oxygen atoms in total. The van der Waals surface area contributed by atoms with E-state index in [-0.39, 0.29) is 0 Å². The molecule has 0 atom stereocenters. The fourth-order valence-corrected chi connectivity index (χ4v) is 1.56. The quantitative estimate of drug-likeness (QED) is 0.591. The van der Waals surface area contributed by atoms with Gasteiger partial charge in [-0.3, -0.25) is 4.98 Å². The molecule has 0 aliphatic heterocycles. The fraction of sp³-hybridized carbons (Fsp3) is 0. The normalized spacial score (nSPS) is 9.41. The molecule has 17 heavy (non-hydrogen) atoms. The number of rotatable bonds is 0. The van der Waals surface area contributed by atoms with Crippen molar-refractivity contribution < 1.29 is 0 Å². The Labute approximate surface area is 101 Å². The van der Waals surface area contributed by atoms with Gasteiger partial charge in [0.05, 0.1) is 0 Å². The number of anilines is 1. The Kier molecular flexibility index (Phi) is 3.71. The Morgan fingerprint density at radius 2 is 1.41 bits per heavy atom. The van der Waals surface area contributed by atoms with E-state index in [9.17, 15) is 0 Å². The molecule has 0 saturated heterocycles. The molecule has 1 aromatic heterocycles. The summed E-state index contributed by atoms with van der Waals surface area (Å²) in [5.74, 6) is 0. The van der Waals surface area contributed by atoms with Crippen LogP contribution in [-0.4, -0.2) is 4.98 Å². The molecule has 0 saturated carbocycles. The van der Waals surface area contributed by atoms with Crippen LogP contribution in [0.25, 0.3) is 10.8 Å². The molecule has 0 radical (unpaired) electrons. The minimum atomic E-state index is 0.850. The first-order valence-electron chi connectivity index (χ1n) is 5.46. The molecule has 3 aromatic rings. The third-order valence-corrected chi connectivity index (χ3v) is 2.39. The summed E-state index contributed by atoms with van der Waals surface area (Å²) >= 11 is 0. The van der Waals surface area contributed by atoms with E-state index in [0.717, 1.165) is 11.1 Å². The van der Waals surface area contributed by atoms with Gasteiger partial charge in [-0.25, -0.2) is 0 Å². The summed E-state index contributed by atoms with van der Waals surface area (Å²) in [5.41, 5.74) is 6.61. The molecule has 0 aliphatic rings. The monoisotopic (exact) mass is 222 g/mol. The number of fused-ring (bicyclic) bond motifs is 1. The molecule has 0 unspecified atom stereocenters. The van der Waals surface area contributed by atoms with Crippen molar-refractivity contribution in [2.45, 2.75) is 0 Å². The lowest BCUT2D eigenvalue weighted by molar-refractivity contribution is 1.33. The zero-order chi connectivity index (χ0) is 11.9. The first-order valence-corrected chi connectivity index (χ1v) is 5.46. The van der Waals surface area contributed by atoms with Gasteiger partial charge in [0.15, 0.2) is 0 Å². The highest BCUT2D eigenvalue weighted by Crippen LogP contribution is 2.19. The van der Waals surface area contributed by atoms with Crippen LogP contribution in [-0.2, 0) is 0 Å². The number of pyridine rings is 1. The van der Waals surface area contributed by atoms with E-state index in [1.165, 1.54) is 5.39 Å². The van der Waals surface area contributed by atoms with Crippen molar-refractivity contribution in [1.82, 2.24) is 4.98 Å². The van der Waals surface area contributed by atoms with Gasteiger partial charge in [0, 0.05) is 23.5 Å². The summed E-state index contributed by atoms with van der Waals surface area (Å²) in [6.45, 7) is 0. The zero-order valence-corrected chi connectivity index (χ0v) is 9.45. The Bertz CT molecular complexity index is 544. The molecular formula is C15H14N2. The molecule has 1 heterocycles. The van der Waals surface area contributed by atoms with Gasteiger partial charge in [0.2, 0.25) is 0 Å². The van der Waals surface area contributed by atoms with Crippen molar-refractivity contribution in [3.8, 4) is 0 Å². The summed E-state index contributed by atoms with van der Waals surface area (Å²) in [7, 11) is 0. The SMILES string of the molecule is Nc1cccc2ccccc12.c1ccncc1. The first kappa shape index (κ1) is 11.1. The Balaban J connectivity index is 0.000000153. The van der Waals surface area contributed by atoms with E-state index in [4.69, 9.17) is 5.73 Å². The largest absolute Gasteiger partial charge is 0.398 e. The summed E-state index contributed by atoms with van der Waals surface area (Å²) in [6, 6.07) is 19.8. The van der Waals surface area contributed by atoms with Crippen LogP contribution < -0.4 is 5.73 Å². The van der Waals surface area contributed by atoms with Gasteiger partial charge in [-0.05, 0) is 23.6 Å². The van der Waals surface area contributed by atoms with Gasteiger partial charge in [-0.1, -0.05) is 42.5 Å². The average molecular weight is 222 g/mol. The van der Waals surface area contributed by atoms with E-state index in [1.807, 2.05) is 48.5 Å². The maximum atomic E-state index is 5.76. The minimum Gasteiger partial charge on any atom is -0.398 e. The van der Waals surface area contributed by atoms with Crippen LogP contribution in [0.1, 0.15) is 0 Å². The first-order chi connectivity index (χ1) is 8.38. The van der Waals surface area contributed by atoms with Crippen molar-refractivity contribution in [2.75, 3.05) is 5.73 Å². The van der Waals surface area contributed by atoms with E-state index in [1.54, 1.807) is 12.4 Å².